The van der Waals surface area contributed by atoms with Crippen molar-refractivity contribution in [1.82, 2.24) is 24.6 Å². The highest BCUT2D eigenvalue weighted by atomic mass is 19.3. The molecule has 0 aromatic carbocycles. The van der Waals surface area contributed by atoms with Gasteiger partial charge < -0.3 is 19.5 Å². The first-order valence-corrected chi connectivity index (χ1v) is 10.4. The minimum absolute atomic E-state index is 0.192. The second kappa shape index (κ2) is 7.47. The molecule has 3 aromatic heterocycles. The fourth-order valence-corrected chi connectivity index (χ4v) is 4.19. The van der Waals surface area contributed by atoms with Crippen molar-refractivity contribution in [2.75, 3.05) is 31.1 Å². The molecule has 0 unspecified atom stereocenters. The van der Waals surface area contributed by atoms with Crippen LogP contribution in [-0.4, -0.2) is 68.9 Å². The average Bonchev–Trinajstić information content (AvgIpc) is 3.39. The lowest BCUT2D eigenvalue weighted by Gasteiger charge is -2.39. The first-order chi connectivity index (χ1) is 15.4. The number of fused-ring (bicyclic) bond motifs is 1. The van der Waals surface area contributed by atoms with Gasteiger partial charge in [-0.3, -0.25) is 4.68 Å². The number of aromatic amines is 1. The molecule has 0 spiro atoms. The maximum Gasteiger partial charge on any atom is 0.410 e. The molecule has 4 heterocycles. The highest BCUT2D eigenvalue weighted by molar-refractivity contribution is 6.00. The summed E-state index contributed by atoms with van der Waals surface area (Å²) in [6.45, 7) is 1.63. The number of hydrogen-bond acceptors (Lipinski definition) is 6. The zero-order valence-electron chi connectivity index (χ0n) is 17.4. The van der Waals surface area contributed by atoms with Crippen LogP contribution in [0.4, 0.5) is 19.3 Å². The van der Waals surface area contributed by atoms with E-state index >= 15 is 0 Å². The molecule has 9 nitrogen and oxygen atoms in total. The molecule has 1 atom stereocenters. The fraction of sp³-hybridized carbons (Fsp3) is 0.429. The van der Waals surface area contributed by atoms with Gasteiger partial charge in [0.25, 0.3) is 5.92 Å². The number of nitrogens with one attached hydrogen (secondary N) is 1. The standard InChI is InChI=1S/C21H21F2N7O2/c1-28-12-13(11-26-28)18-14(10-24)17-15(3-5-25-19(17)27-18)29-6-8-30(9-7-29)20(31)32-16-2-4-21(16,22)23/h3,5,11-12,16H,2,4,6-9H2,1H3,(H,25,27)/t16-/m0/s1. The number of rotatable bonds is 3. The average molecular weight is 441 g/mol. The molecule has 1 saturated carbocycles. The van der Waals surface area contributed by atoms with Crippen molar-refractivity contribution in [3.63, 3.8) is 0 Å². The van der Waals surface area contributed by atoms with Crippen LogP contribution in [-0.2, 0) is 11.8 Å². The molecule has 2 fully saturated rings. The van der Waals surface area contributed by atoms with Crippen LogP contribution in [0.1, 0.15) is 18.4 Å². The minimum atomic E-state index is -2.92. The van der Waals surface area contributed by atoms with Gasteiger partial charge in [-0.1, -0.05) is 0 Å². The Bertz CT molecular complexity index is 1220. The van der Waals surface area contributed by atoms with E-state index in [0.29, 0.717) is 48.5 Å². The van der Waals surface area contributed by atoms with E-state index in [-0.39, 0.29) is 12.8 Å². The quantitative estimate of drug-likeness (QED) is 0.671. The van der Waals surface area contributed by atoms with E-state index in [4.69, 9.17) is 4.74 Å². The Morgan fingerprint density at radius 2 is 2.12 bits per heavy atom. The summed E-state index contributed by atoms with van der Waals surface area (Å²) < 4.78 is 33.5. The Labute approximate surface area is 182 Å². The van der Waals surface area contributed by atoms with Gasteiger partial charge in [-0.2, -0.15) is 10.4 Å². The van der Waals surface area contributed by atoms with Gasteiger partial charge in [-0.15, -0.1) is 0 Å². The van der Waals surface area contributed by atoms with Crippen LogP contribution in [0.25, 0.3) is 22.3 Å². The molecule has 32 heavy (non-hydrogen) atoms. The van der Waals surface area contributed by atoms with Crippen molar-refractivity contribution in [2.45, 2.75) is 24.9 Å². The van der Waals surface area contributed by atoms with Gasteiger partial charge in [-0.25, -0.2) is 18.6 Å². The van der Waals surface area contributed by atoms with Gasteiger partial charge in [0.1, 0.15) is 11.7 Å². The summed E-state index contributed by atoms with van der Waals surface area (Å²) in [7, 11) is 1.80. The minimum Gasteiger partial charge on any atom is -0.440 e. The maximum absolute atomic E-state index is 13.4. The molecule has 1 amide bonds. The van der Waals surface area contributed by atoms with E-state index in [2.05, 4.69) is 26.0 Å². The van der Waals surface area contributed by atoms with Crippen molar-refractivity contribution in [2.24, 2.45) is 7.05 Å². The Hall–Kier alpha value is -3.68. The molecular weight excluding hydrogens is 420 g/mol. The highest BCUT2D eigenvalue weighted by Crippen LogP contribution is 2.40. The number of ether oxygens (including phenoxy) is 1. The Balaban J connectivity index is 1.36. The summed E-state index contributed by atoms with van der Waals surface area (Å²) in [6.07, 6.45) is 3.10. The fourth-order valence-electron chi connectivity index (χ4n) is 4.19. The number of alkyl halides is 2. The number of carbonyl (C=O) groups excluding carboxylic acids is 1. The first kappa shape index (κ1) is 20.2. The number of H-pyrrole nitrogens is 1. The van der Waals surface area contributed by atoms with Crippen LogP contribution in [0.15, 0.2) is 24.7 Å². The second-order valence-electron chi connectivity index (χ2n) is 8.09. The van der Waals surface area contributed by atoms with E-state index < -0.39 is 18.1 Å². The number of amides is 1. The van der Waals surface area contributed by atoms with Crippen LogP contribution in [0.3, 0.4) is 0 Å². The van der Waals surface area contributed by atoms with Crippen LogP contribution >= 0.6 is 0 Å². The predicted molar refractivity (Wildman–Crippen MR) is 111 cm³/mol. The number of carbonyl (C=O) groups is 1. The third kappa shape index (κ3) is 3.32. The summed E-state index contributed by atoms with van der Waals surface area (Å²) in [5.41, 5.74) is 3.33. The molecule has 11 heteroatoms. The van der Waals surface area contributed by atoms with E-state index in [9.17, 15) is 18.8 Å². The molecule has 166 valence electrons. The highest BCUT2D eigenvalue weighted by Gasteiger charge is 2.51. The van der Waals surface area contributed by atoms with Crippen LogP contribution in [0.5, 0.6) is 0 Å². The smallest absolute Gasteiger partial charge is 0.410 e. The van der Waals surface area contributed by atoms with Gasteiger partial charge in [0, 0.05) is 57.6 Å². The van der Waals surface area contributed by atoms with Crippen LogP contribution in [0, 0.1) is 11.3 Å². The monoisotopic (exact) mass is 441 g/mol. The van der Waals surface area contributed by atoms with Crippen molar-refractivity contribution in [1.29, 1.82) is 5.26 Å². The van der Waals surface area contributed by atoms with Gasteiger partial charge in [0.15, 0.2) is 6.10 Å². The zero-order valence-corrected chi connectivity index (χ0v) is 17.4. The summed E-state index contributed by atoms with van der Waals surface area (Å²) >= 11 is 0. The molecule has 5 rings (SSSR count). The van der Waals surface area contributed by atoms with Crippen molar-refractivity contribution in [3.8, 4) is 17.3 Å². The van der Waals surface area contributed by atoms with E-state index in [1.165, 1.54) is 4.90 Å². The third-order valence-electron chi connectivity index (χ3n) is 6.11. The summed E-state index contributed by atoms with van der Waals surface area (Å²) in [4.78, 5) is 23.4. The summed E-state index contributed by atoms with van der Waals surface area (Å²) in [5.74, 6) is -2.92. The molecule has 1 saturated heterocycles. The largest absolute Gasteiger partial charge is 0.440 e. The van der Waals surface area contributed by atoms with Crippen LogP contribution < -0.4 is 4.90 Å². The molecule has 1 aliphatic carbocycles. The molecule has 2 aliphatic rings. The molecular formula is C21H21F2N7O2. The van der Waals surface area contributed by atoms with E-state index in [1.54, 1.807) is 24.1 Å². The number of aryl methyl sites for hydroxylation is 1. The van der Waals surface area contributed by atoms with E-state index in [1.807, 2.05) is 12.3 Å². The molecule has 0 bridgehead atoms. The molecule has 0 radical (unpaired) electrons. The number of anilines is 1. The van der Waals surface area contributed by atoms with Gasteiger partial charge in [0.05, 0.1) is 28.5 Å². The second-order valence-corrected chi connectivity index (χ2v) is 8.09. The third-order valence-corrected chi connectivity index (χ3v) is 6.11. The lowest BCUT2D eigenvalue weighted by atomic mass is 9.91. The zero-order chi connectivity index (χ0) is 22.5. The maximum atomic E-state index is 13.4. The van der Waals surface area contributed by atoms with Crippen molar-refractivity contribution < 1.29 is 18.3 Å². The Kier molecular flexibility index (Phi) is 4.73. The summed E-state index contributed by atoms with van der Waals surface area (Å²) in [6, 6.07) is 4.12. The number of nitrogens with zero attached hydrogens (tertiary/aromatic N) is 6. The number of piperazine rings is 1. The van der Waals surface area contributed by atoms with Gasteiger partial charge >= 0.3 is 6.09 Å². The predicted octanol–water partition coefficient (Wildman–Crippen LogP) is 2.89. The lowest BCUT2D eigenvalue weighted by molar-refractivity contribution is -0.179. The Morgan fingerprint density at radius 1 is 1.34 bits per heavy atom. The Morgan fingerprint density at radius 3 is 2.72 bits per heavy atom. The summed E-state index contributed by atoms with van der Waals surface area (Å²) in [5, 5.41) is 14.8. The first-order valence-electron chi connectivity index (χ1n) is 10.4. The van der Waals surface area contributed by atoms with Gasteiger partial charge in [-0.05, 0) is 12.5 Å². The van der Waals surface area contributed by atoms with Crippen molar-refractivity contribution >= 4 is 22.8 Å². The van der Waals surface area contributed by atoms with E-state index in [0.717, 1.165) is 11.3 Å². The topological polar surface area (TPSA) is 103 Å². The molecule has 3 aromatic rings. The molecule has 1 aliphatic heterocycles. The lowest BCUT2D eigenvalue weighted by Crippen LogP contribution is -2.53. The van der Waals surface area contributed by atoms with Crippen LogP contribution in [0.2, 0.25) is 0 Å². The number of nitriles is 1. The number of pyridine rings is 1. The normalized spacial score (nSPS) is 20.1. The number of halogens is 2. The SMILES string of the molecule is Cn1cc(-c2[nH]c3nccc(N4CCN(C(=O)O[C@H]5CCC5(F)F)CC4)c3c2C#N)cn1. The number of hydrogen-bond donors (Lipinski definition) is 1. The molecule has 1 N–H and O–H groups in total. The number of aromatic nitrogens is 4. The van der Waals surface area contributed by atoms with Gasteiger partial charge in [0.2, 0.25) is 0 Å². The van der Waals surface area contributed by atoms with Crippen molar-refractivity contribution in [3.05, 3.63) is 30.2 Å².